The summed E-state index contributed by atoms with van der Waals surface area (Å²) in [4.78, 5) is 0. The molecule has 0 aliphatic heterocycles. The smallest absolute Gasteiger partial charge is 0.278 e. The van der Waals surface area contributed by atoms with E-state index in [1.54, 1.807) is 6.07 Å². The Morgan fingerprint density at radius 2 is 1.65 bits per heavy atom. The first kappa shape index (κ1) is 16.3. The maximum Gasteiger partial charge on any atom is 0.278 e. The first-order chi connectivity index (χ1) is 11.2. The van der Waals surface area contributed by atoms with Crippen LogP contribution in [0.1, 0.15) is 31.2 Å². The molecule has 2 N–H and O–H groups in total. The van der Waals surface area contributed by atoms with Crippen LogP contribution in [0, 0.1) is 5.21 Å². The minimum Gasteiger partial charge on any atom is -0.710 e. The standard InChI is InChI=1S/C18H22BrN3O/c19-17-7-4-8-18(22(17)23)21-16-11-9-15(10-12-16)20-13-14-5-2-1-3-6-14/h1-8,15-16,20-21H,9-13H2/t15-,16+. The normalized spacial score (nSPS) is 21.1. The maximum atomic E-state index is 12.0. The molecule has 1 aromatic heterocycles. The largest absolute Gasteiger partial charge is 0.710 e. The van der Waals surface area contributed by atoms with Crippen molar-refractivity contribution >= 4 is 21.7 Å². The van der Waals surface area contributed by atoms with E-state index in [1.807, 2.05) is 18.2 Å². The number of benzene rings is 1. The zero-order chi connectivity index (χ0) is 16.1. The third-order valence-electron chi connectivity index (χ3n) is 4.42. The third kappa shape index (κ3) is 4.45. The van der Waals surface area contributed by atoms with Gasteiger partial charge >= 0.3 is 0 Å². The monoisotopic (exact) mass is 375 g/mol. The van der Waals surface area contributed by atoms with Gasteiger partial charge in [-0.25, -0.2) is 4.73 Å². The molecule has 0 atom stereocenters. The van der Waals surface area contributed by atoms with E-state index in [0.29, 0.717) is 22.5 Å². The van der Waals surface area contributed by atoms with Crippen molar-refractivity contribution in [3.63, 3.8) is 0 Å². The molecule has 0 unspecified atom stereocenters. The van der Waals surface area contributed by atoms with Crippen LogP contribution in [-0.4, -0.2) is 12.1 Å². The van der Waals surface area contributed by atoms with E-state index >= 15 is 0 Å². The van der Waals surface area contributed by atoms with Crippen LogP contribution in [0.2, 0.25) is 0 Å². The van der Waals surface area contributed by atoms with Crippen molar-refractivity contribution < 1.29 is 4.73 Å². The summed E-state index contributed by atoms with van der Waals surface area (Å²) in [5.41, 5.74) is 1.33. The molecule has 0 bridgehead atoms. The lowest BCUT2D eigenvalue weighted by molar-refractivity contribution is -0.602. The van der Waals surface area contributed by atoms with Crippen LogP contribution in [0.5, 0.6) is 0 Å². The Morgan fingerprint density at radius 3 is 2.39 bits per heavy atom. The molecule has 3 rings (SSSR count). The molecule has 122 valence electrons. The maximum absolute atomic E-state index is 12.0. The first-order valence-corrected chi connectivity index (χ1v) is 8.93. The number of hydrogen-bond acceptors (Lipinski definition) is 3. The van der Waals surface area contributed by atoms with Gasteiger partial charge in [0.15, 0.2) is 4.60 Å². The summed E-state index contributed by atoms with van der Waals surface area (Å²) >= 11 is 3.26. The Balaban J connectivity index is 1.46. The molecule has 0 radical (unpaired) electrons. The summed E-state index contributed by atoms with van der Waals surface area (Å²) in [7, 11) is 0. The van der Waals surface area contributed by atoms with E-state index < -0.39 is 0 Å². The molecular formula is C18H22BrN3O. The lowest BCUT2D eigenvalue weighted by Gasteiger charge is -2.28. The van der Waals surface area contributed by atoms with Crippen molar-refractivity contribution in [1.29, 1.82) is 0 Å². The quantitative estimate of drug-likeness (QED) is 0.476. The van der Waals surface area contributed by atoms with E-state index in [9.17, 15) is 5.21 Å². The SMILES string of the molecule is [O-][n+]1c(Br)cccc1N[C@H]1CC[C@@H](NCc2ccccc2)CC1. The van der Waals surface area contributed by atoms with Gasteiger partial charge in [0.05, 0.1) is 6.04 Å². The van der Waals surface area contributed by atoms with E-state index in [4.69, 9.17) is 0 Å². The lowest BCUT2D eigenvalue weighted by Crippen LogP contribution is -2.40. The van der Waals surface area contributed by atoms with E-state index in [1.165, 1.54) is 5.56 Å². The average Bonchev–Trinajstić information content (AvgIpc) is 2.59. The summed E-state index contributed by atoms with van der Waals surface area (Å²) in [5, 5.41) is 19.0. The molecule has 1 fully saturated rings. The molecule has 0 amide bonds. The van der Waals surface area contributed by atoms with Crippen LogP contribution in [0.4, 0.5) is 5.82 Å². The van der Waals surface area contributed by atoms with Gasteiger partial charge in [0, 0.05) is 18.7 Å². The zero-order valence-electron chi connectivity index (χ0n) is 13.0. The first-order valence-electron chi connectivity index (χ1n) is 8.14. The highest BCUT2D eigenvalue weighted by molar-refractivity contribution is 9.10. The van der Waals surface area contributed by atoms with Crippen molar-refractivity contribution in [3.05, 3.63) is 63.9 Å². The van der Waals surface area contributed by atoms with E-state index in [2.05, 4.69) is 50.8 Å². The van der Waals surface area contributed by atoms with Crippen LogP contribution in [-0.2, 0) is 6.54 Å². The predicted octanol–water partition coefficient (Wildman–Crippen LogP) is 3.60. The van der Waals surface area contributed by atoms with Crippen molar-refractivity contribution in [2.45, 2.75) is 44.3 Å². The topological polar surface area (TPSA) is 51.0 Å². The van der Waals surface area contributed by atoms with Gasteiger partial charge in [0.1, 0.15) is 0 Å². The van der Waals surface area contributed by atoms with Crippen LogP contribution in [0.25, 0.3) is 0 Å². The Kier molecular flexibility index (Phi) is 5.51. The number of pyridine rings is 1. The van der Waals surface area contributed by atoms with Crippen LogP contribution < -0.4 is 15.4 Å². The van der Waals surface area contributed by atoms with Crippen molar-refractivity contribution in [1.82, 2.24) is 5.32 Å². The summed E-state index contributed by atoms with van der Waals surface area (Å²) in [5.74, 6) is 0.625. The van der Waals surface area contributed by atoms with Gasteiger partial charge in [-0.1, -0.05) is 30.3 Å². The third-order valence-corrected chi connectivity index (χ3v) is 5.00. The van der Waals surface area contributed by atoms with Crippen LogP contribution >= 0.6 is 15.9 Å². The Hall–Kier alpha value is -1.59. The van der Waals surface area contributed by atoms with Gasteiger partial charge in [-0.2, -0.15) is 0 Å². The van der Waals surface area contributed by atoms with Gasteiger partial charge in [0.2, 0.25) is 0 Å². The highest BCUT2D eigenvalue weighted by Gasteiger charge is 2.24. The molecule has 1 heterocycles. The number of hydrogen-bond donors (Lipinski definition) is 2. The van der Waals surface area contributed by atoms with Gasteiger partial charge < -0.3 is 10.5 Å². The lowest BCUT2D eigenvalue weighted by atomic mass is 9.91. The highest BCUT2D eigenvalue weighted by atomic mass is 79.9. The second-order valence-corrected chi connectivity index (χ2v) is 6.90. The molecule has 1 saturated carbocycles. The number of halogens is 1. The van der Waals surface area contributed by atoms with E-state index in [-0.39, 0.29) is 0 Å². The van der Waals surface area contributed by atoms with Gasteiger partial charge in [-0.3, -0.25) is 5.32 Å². The minimum absolute atomic E-state index is 0.374. The molecule has 23 heavy (non-hydrogen) atoms. The fourth-order valence-corrected chi connectivity index (χ4v) is 3.43. The molecule has 1 aliphatic rings. The second kappa shape index (κ2) is 7.79. The summed E-state index contributed by atoms with van der Waals surface area (Å²) < 4.78 is 1.44. The molecule has 5 heteroatoms. The molecule has 0 spiro atoms. The predicted molar refractivity (Wildman–Crippen MR) is 96.1 cm³/mol. The number of aromatic nitrogens is 1. The molecular weight excluding hydrogens is 354 g/mol. The minimum atomic E-state index is 0.374. The number of rotatable bonds is 5. The Labute approximate surface area is 145 Å². The van der Waals surface area contributed by atoms with Crippen LogP contribution in [0.15, 0.2) is 53.1 Å². The Bertz CT molecular complexity index is 627. The number of anilines is 1. The van der Waals surface area contributed by atoms with E-state index in [0.717, 1.165) is 37.0 Å². The van der Waals surface area contributed by atoms with Gasteiger partial charge in [-0.05, 0) is 59.3 Å². The summed E-state index contributed by atoms with van der Waals surface area (Å²) in [6.07, 6.45) is 4.44. The molecule has 1 aromatic carbocycles. The molecule has 0 saturated heterocycles. The van der Waals surface area contributed by atoms with Gasteiger partial charge in [-0.15, -0.1) is 0 Å². The highest BCUT2D eigenvalue weighted by Crippen LogP contribution is 2.22. The molecule has 1 aliphatic carbocycles. The fourth-order valence-electron chi connectivity index (χ4n) is 3.08. The van der Waals surface area contributed by atoms with Crippen molar-refractivity contribution in [2.24, 2.45) is 0 Å². The molecule has 2 aromatic rings. The number of nitrogens with zero attached hydrogens (tertiary/aromatic N) is 1. The summed E-state index contributed by atoms with van der Waals surface area (Å²) in [6, 6.07) is 16.9. The molecule has 4 nitrogen and oxygen atoms in total. The van der Waals surface area contributed by atoms with Crippen molar-refractivity contribution in [3.8, 4) is 0 Å². The average molecular weight is 376 g/mol. The Morgan fingerprint density at radius 1 is 0.957 bits per heavy atom. The van der Waals surface area contributed by atoms with Crippen LogP contribution in [0.3, 0.4) is 0 Å². The zero-order valence-corrected chi connectivity index (χ0v) is 14.6. The van der Waals surface area contributed by atoms with Crippen molar-refractivity contribution in [2.75, 3.05) is 5.32 Å². The fraction of sp³-hybridized carbons (Fsp3) is 0.389. The summed E-state index contributed by atoms with van der Waals surface area (Å²) in [6.45, 7) is 0.926. The van der Waals surface area contributed by atoms with Gasteiger partial charge in [0.25, 0.3) is 5.82 Å². The second-order valence-electron chi connectivity index (χ2n) is 6.09. The number of nitrogens with one attached hydrogen (secondary N) is 2.